The molecule has 0 unspecified atom stereocenters. The van der Waals surface area contributed by atoms with Gasteiger partial charge in [0.15, 0.2) is 5.65 Å². The first-order valence-electron chi connectivity index (χ1n) is 10.4. The summed E-state index contributed by atoms with van der Waals surface area (Å²) in [6.07, 6.45) is 12.1. The molecule has 148 valence electrons. The van der Waals surface area contributed by atoms with Gasteiger partial charge in [-0.3, -0.25) is 14.7 Å². The summed E-state index contributed by atoms with van der Waals surface area (Å²) in [7, 11) is 1.93. The number of pyridine rings is 1. The van der Waals surface area contributed by atoms with Gasteiger partial charge >= 0.3 is 0 Å². The average molecular weight is 380 g/mol. The van der Waals surface area contributed by atoms with Crippen LogP contribution in [0.1, 0.15) is 43.6 Å². The fourth-order valence-corrected chi connectivity index (χ4v) is 4.81. The second kappa shape index (κ2) is 7.64. The van der Waals surface area contributed by atoms with E-state index in [1.54, 1.807) is 0 Å². The van der Waals surface area contributed by atoms with E-state index < -0.39 is 0 Å². The Bertz CT molecular complexity index is 931. The summed E-state index contributed by atoms with van der Waals surface area (Å²) in [5, 5.41) is 12.9. The van der Waals surface area contributed by atoms with Crippen LogP contribution in [0.3, 0.4) is 0 Å². The van der Waals surface area contributed by atoms with Gasteiger partial charge in [-0.15, -0.1) is 0 Å². The maximum absolute atomic E-state index is 5.62. The standard InChI is InChI=1S/C21H28N6O/c1-26-14-17(13-23-26)20-19-11-16(12-22-21(19)25-24-20)15-3-5-18(6-4-15)27-7-2-9-28-10-8-27/h11-15,18H,2-10H2,1H3,(H,22,24,25). The zero-order valence-corrected chi connectivity index (χ0v) is 16.5. The van der Waals surface area contributed by atoms with E-state index in [0.29, 0.717) is 5.92 Å². The third kappa shape index (κ3) is 3.44. The molecule has 28 heavy (non-hydrogen) atoms. The molecule has 0 bridgehead atoms. The smallest absolute Gasteiger partial charge is 0.155 e. The lowest BCUT2D eigenvalue weighted by Crippen LogP contribution is -2.39. The monoisotopic (exact) mass is 380 g/mol. The van der Waals surface area contributed by atoms with Crippen molar-refractivity contribution in [3.05, 3.63) is 30.2 Å². The first-order chi connectivity index (χ1) is 13.8. The van der Waals surface area contributed by atoms with Crippen LogP contribution in [0.15, 0.2) is 24.7 Å². The third-order valence-electron chi connectivity index (χ3n) is 6.36. The number of nitrogens with zero attached hydrogens (tertiary/aromatic N) is 5. The lowest BCUT2D eigenvalue weighted by Gasteiger charge is -2.36. The number of fused-ring (bicyclic) bond motifs is 1. The largest absolute Gasteiger partial charge is 0.380 e. The molecule has 0 aromatic carbocycles. The van der Waals surface area contributed by atoms with E-state index in [4.69, 9.17) is 4.74 Å². The lowest BCUT2D eigenvalue weighted by atomic mass is 9.81. The minimum atomic E-state index is 0.591. The van der Waals surface area contributed by atoms with Gasteiger partial charge in [0, 0.05) is 56.1 Å². The number of aromatic nitrogens is 5. The van der Waals surface area contributed by atoms with E-state index in [0.717, 1.165) is 54.5 Å². The summed E-state index contributed by atoms with van der Waals surface area (Å²) >= 11 is 0. The van der Waals surface area contributed by atoms with E-state index in [-0.39, 0.29) is 0 Å². The number of H-pyrrole nitrogens is 1. The van der Waals surface area contributed by atoms with Crippen molar-refractivity contribution < 1.29 is 4.74 Å². The van der Waals surface area contributed by atoms with E-state index in [1.165, 1.54) is 37.8 Å². The number of aromatic amines is 1. The second-order valence-corrected chi connectivity index (χ2v) is 8.15. The maximum atomic E-state index is 5.62. The molecule has 4 heterocycles. The van der Waals surface area contributed by atoms with Gasteiger partial charge in [0.2, 0.25) is 0 Å². The molecule has 2 aliphatic rings. The summed E-state index contributed by atoms with van der Waals surface area (Å²) in [5.41, 5.74) is 4.16. The van der Waals surface area contributed by atoms with Crippen molar-refractivity contribution >= 4 is 11.0 Å². The van der Waals surface area contributed by atoms with Gasteiger partial charge in [-0.1, -0.05) is 0 Å². The predicted octanol–water partition coefficient (Wildman–Crippen LogP) is 3.11. The molecule has 1 aliphatic carbocycles. The Morgan fingerprint density at radius 3 is 2.82 bits per heavy atom. The molecular weight excluding hydrogens is 352 g/mol. The van der Waals surface area contributed by atoms with Crippen LogP contribution in [0.2, 0.25) is 0 Å². The zero-order valence-electron chi connectivity index (χ0n) is 16.5. The number of hydrogen-bond acceptors (Lipinski definition) is 5. The van der Waals surface area contributed by atoms with Crippen LogP contribution in [0, 0.1) is 0 Å². The van der Waals surface area contributed by atoms with Crippen LogP contribution < -0.4 is 0 Å². The molecule has 1 aliphatic heterocycles. The summed E-state index contributed by atoms with van der Waals surface area (Å²) in [6, 6.07) is 3.01. The second-order valence-electron chi connectivity index (χ2n) is 8.15. The molecule has 0 amide bonds. The van der Waals surface area contributed by atoms with Crippen molar-refractivity contribution in [2.75, 3.05) is 26.3 Å². The van der Waals surface area contributed by atoms with Crippen LogP contribution in [-0.4, -0.2) is 62.2 Å². The lowest BCUT2D eigenvalue weighted by molar-refractivity contribution is 0.118. The fourth-order valence-electron chi connectivity index (χ4n) is 4.81. The molecule has 0 spiro atoms. The Morgan fingerprint density at radius 1 is 1.11 bits per heavy atom. The van der Waals surface area contributed by atoms with Crippen LogP contribution in [0.25, 0.3) is 22.3 Å². The molecule has 0 atom stereocenters. The zero-order chi connectivity index (χ0) is 18.9. The maximum Gasteiger partial charge on any atom is 0.155 e. The molecule has 1 N–H and O–H groups in total. The number of nitrogens with one attached hydrogen (secondary N) is 1. The fraction of sp³-hybridized carbons (Fsp3) is 0.571. The Kier molecular flexibility index (Phi) is 4.86. The molecule has 1 saturated carbocycles. The van der Waals surface area contributed by atoms with Gasteiger partial charge in [-0.25, -0.2) is 4.98 Å². The topological polar surface area (TPSA) is 71.9 Å². The van der Waals surface area contributed by atoms with E-state index in [2.05, 4.69) is 31.2 Å². The highest BCUT2D eigenvalue weighted by atomic mass is 16.5. The normalized spacial score (nSPS) is 24.5. The Labute approximate surface area is 165 Å². The van der Waals surface area contributed by atoms with Gasteiger partial charge in [0.25, 0.3) is 0 Å². The molecule has 1 saturated heterocycles. The van der Waals surface area contributed by atoms with Gasteiger partial charge in [-0.2, -0.15) is 10.2 Å². The summed E-state index contributed by atoms with van der Waals surface area (Å²) in [5.74, 6) is 0.591. The number of rotatable bonds is 3. The van der Waals surface area contributed by atoms with Gasteiger partial charge in [0.1, 0.15) is 5.69 Å². The van der Waals surface area contributed by atoms with Gasteiger partial charge in [-0.05, 0) is 49.7 Å². The van der Waals surface area contributed by atoms with Gasteiger partial charge < -0.3 is 4.74 Å². The predicted molar refractivity (Wildman–Crippen MR) is 108 cm³/mol. The molecule has 3 aromatic heterocycles. The minimum Gasteiger partial charge on any atom is -0.380 e. The molecule has 3 aromatic rings. The van der Waals surface area contributed by atoms with Crippen molar-refractivity contribution in [3.63, 3.8) is 0 Å². The quantitative estimate of drug-likeness (QED) is 0.756. The first kappa shape index (κ1) is 17.8. The third-order valence-corrected chi connectivity index (χ3v) is 6.36. The van der Waals surface area contributed by atoms with E-state index in [9.17, 15) is 0 Å². The first-order valence-corrected chi connectivity index (χ1v) is 10.4. The molecule has 0 radical (unpaired) electrons. The van der Waals surface area contributed by atoms with Crippen LogP contribution in [0.5, 0.6) is 0 Å². The molecular formula is C21H28N6O. The highest BCUT2D eigenvalue weighted by molar-refractivity contribution is 5.90. The highest BCUT2D eigenvalue weighted by Gasteiger charge is 2.27. The molecule has 2 fully saturated rings. The molecule has 5 rings (SSSR count). The van der Waals surface area contributed by atoms with Crippen molar-refractivity contribution in [3.8, 4) is 11.3 Å². The van der Waals surface area contributed by atoms with E-state index in [1.807, 2.05) is 30.3 Å². The number of aryl methyl sites for hydroxylation is 1. The highest BCUT2D eigenvalue weighted by Crippen LogP contribution is 2.36. The van der Waals surface area contributed by atoms with Crippen molar-refractivity contribution in [2.45, 2.75) is 44.1 Å². The molecule has 7 heteroatoms. The Balaban J connectivity index is 1.33. The van der Waals surface area contributed by atoms with Crippen molar-refractivity contribution in [1.29, 1.82) is 0 Å². The number of hydrogen-bond donors (Lipinski definition) is 1. The Morgan fingerprint density at radius 2 is 2.00 bits per heavy atom. The SMILES string of the molecule is Cn1cc(-c2n[nH]c3ncc(C4CCC(N5CCCOCC5)CC4)cc23)cn1. The van der Waals surface area contributed by atoms with Crippen molar-refractivity contribution in [2.24, 2.45) is 7.05 Å². The average Bonchev–Trinajstić information content (AvgIpc) is 3.24. The van der Waals surface area contributed by atoms with Gasteiger partial charge in [0.05, 0.1) is 12.8 Å². The van der Waals surface area contributed by atoms with Crippen LogP contribution in [0.4, 0.5) is 0 Å². The summed E-state index contributed by atoms with van der Waals surface area (Å²) < 4.78 is 7.43. The minimum absolute atomic E-state index is 0.591. The van der Waals surface area contributed by atoms with Crippen molar-refractivity contribution in [1.82, 2.24) is 29.9 Å². The summed E-state index contributed by atoms with van der Waals surface area (Å²) in [4.78, 5) is 7.31. The summed E-state index contributed by atoms with van der Waals surface area (Å²) in [6.45, 7) is 4.08. The number of ether oxygens (including phenoxy) is 1. The Hall–Kier alpha value is -2.25. The van der Waals surface area contributed by atoms with Crippen LogP contribution >= 0.6 is 0 Å². The van der Waals surface area contributed by atoms with Crippen LogP contribution in [-0.2, 0) is 11.8 Å². The molecule has 7 nitrogen and oxygen atoms in total. The van der Waals surface area contributed by atoms with E-state index >= 15 is 0 Å².